The van der Waals surface area contributed by atoms with Crippen LogP contribution in [0.2, 0.25) is 0 Å². The third-order valence-electron chi connectivity index (χ3n) is 3.53. The van der Waals surface area contributed by atoms with Crippen molar-refractivity contribution in [1.82, 2.24) is 0 Å². The highest BCUT2D eigenvalue weighted by Gasteiger charge is 2.07. The van der Waals surface area contributed by atoms with Gasteiger partial charge in [0, 0.05) is 17.8 Å². The highest BCUT2D eigenvalue weighted by molar-refractivity contribution is 7.92. The maximum Gasteiger partial charge on any atom is 0.229 e. The maximum absolute atomic E-state index is 11.2. The third-order valence-corrected chi connectivity index (χ3v) is 4.47. The molecule has 0 amide bonds. The summed E-state index contributed by atoms with van der Waals surface area (Å²) in [5.74, 6) is 1.22. The van der Waals surface area contributed by atoms with Crippen LogP contribution in [-0.4, -0.2) is 40.6 Å². The molecule has 1 N–H and O–H groups in total. The largest absolute Gasteiger partial charge is 0.493 e. The minimum absolute atomic E-state index is 0.390. The molecule has 0 aliphatic carbocycles. The van der Waals surface area contributed by atoms with Gasteiger partial charge in [-0.3, -0.25) is 9.71 Å². The van der Waals surface area contributed by atoms with Crippen molar-refractivity contribution in [2.45, 2.75) is 6.42 Å². The second kappa shape index (κ2) is 8.91. The maximum atomic E-state index is 11.2. The number of rotatable bonds is 8. The van der Waals surface area contributed by atoms with Crippen LogP contribution in [0, 0.1) is 0 Å². The smallest absolute Gasteiger partial charge is 0.229 e. The lowest BCUT2D eigenvalue weighted by molar-refractivity contribution is 0.355. The van der Waals surface area contributed by atoms with Crippen LogP contribution in [0.15, 0.2) is 47.5 Å². The summed E-state index contributed by atoms with van der Waals surface area (Å²) in [6, 6.07) is 12.5. The zero-order valence-corrected chi connectivity index (χ0v) is 16.4. The van der Waals surface area contributed by atoms with Gasteiger partial charge in [-0.25, -0.2) is 8.42 Å². The molecule has 0 spiro atoms. The van der Waals surface area contributed by atoms with Gasteiger partial charge < -0.3 is 9.47 Å². The van der Waals surface area contributed by atoms with E-state index in [2.05, 4.69) is 9.71 Å². The number of ether oxygens (including phenoxy) is 2. The molecule has 8 heteroatoms. The molecular formula is C18H21ClN2O4S. The van der Waals surface area contributed by atoms with E-state index in [1.54, 1.807) is 38.5 Å². The molecule has 0 bridgehead atoms. The molecule has 140 valence electrons. The zero-order chi connectivity index (χ0) is 19.2. The number of halogens is 1. The Kier molecular flexibility index (Phi) is 6.88. The van der Waals surface area contributed by atoms with Crippen LogP contribution in [0.25, 0.3) is 0 Å². The van der Waals surface area contributed by atoms with Crippen molar-refractivity contribution < 1.29 is 17.9 Å². The average molecular weight is 397 g/mol. The molecular weight excluding hydrogens is 376 g/mol. The first-order valence-corrected chi connectivity index (χ1v) is 10.1. The third kappa shape index (κ3) is 5.93. The first-order valence-electron chi connectivity index (χ1n) is 7.81. The summed E-state index contributed by atoms with van der Waals surface area (Å²) in [7, 11) is -0.130. The van der Waals surface area contributed by atoms with Gasteiger partial charge in [-0.2, -0.15) is 0 Å². The normalized spacial score (nSPS) is 11.9. The summed E-state index contributed by atoms with van der Waals surface area (Å²) >= 11 is 6.27. The minimum Gasteiger partial charge on any atom is -0.493 e. The second-order valence-electron chi connectivity index (χ2n) is 5.56. The summed E-state index contributed by atoms with van der Waals surface area (Å²) in [5.41, 5.74) is 2.31. The number of methoxy groups -OCH3 is 2. The summed E-state index contributed by atoms with van der Waals surface area (Å²) < 4.78 is 35.3. The van der Waals surface area contributed by atoms with Gasteiger partial charge >= 0.3 is 0 Å². The summed E-state index contributed by atoms with van der Waals surface area (Å²) in [6.45, 7) is 0.506. The van der Waals surface area contributed by atoms with Crippen LogP contribution in [0.4, 0.5) is 5.69 Å². The molecule has 2 aromatic carbocycles. The molecule has 0 saturated heterocycles. The molecule has 6 nitrogen and oxygen atoms in total. The lowest BCUT2D eigenvalue weighted by Gasteiger charge is -2.09. The Balaban J connectivity index is 1.99. The second-order valence-corrected chi connectivity index (χ2v) is 7.67. The molecule has 26 heavy (non-hydrogen) atoms. The molecule has 0 saturated carbocycles. The topological polar surface area (TPSA) is 77.0 Å². The van der Waals surface area contributed by atoms with E-state index in [4.69, 9.17) is 21.1 Å². The van der Waals surface area contributed by atoms with Crippen LogP contribution in [0.5, 0.6) is 11.5 Å². The number of aliphatic imine (C=N–C) groups is 1. The summed E-state index contributed by atoms with van der Waals surface area (Å²) in [5, 5.41) is 0.390. The zero-order valence-electron chi connectivity index (χ0n) is 14.8. The van der Waals surface area contributed by atoms with Gasteiger partial charge in [-0.05, 0) is 42.3 Å². The molecule has 0 radical (unpaired) electrons. The Hall–Kier alpha value is -2.25. The number of anilines is 1. The Morgan fingerprint density at radius 1 is 1.08 bits per heavy atom. The summed E-state index contributed by atoms with van der Waals surface area (Å²) in [6.07, 6.45) is 1.80. The predicted octanol–water partition coefficient (Wildman–Crippen LogP) is 3.30. The van der Waals surface area contributed by atoms with Crippen molar-refractivity contribution in [1.29, 1.82) is 0 Å². The fraction of sp³-hybridized carbons (Fsp3) is 0.278. The first kappa shape index (κ1) is 20.1. The summed E-state index contributed by atoms with van der Waals surface area (Å²) in [4.78, 5) is 4.38. The molecule has 2 rings (SSSR count). The Morgan fingerprint density at radius 2 is 1.73 bits per heavy atom. The van der Waals surface area contributed by atoms with E-state index in [-0.39, 0.29) is 0 Å². The standard InChI is InChI=1S/C18H21ClN2O4S/c1-24-16-9-6-14(12-17(16)25-2)18(19)20-11-10-13-4-7-15(8-5-13)21-26(3,22)23/h4-9,12,21H,10-11H2,1-3H3. The number of hydrogen-bond acceptors (Lipinski definition) is 5. The molecule has 0 atom stereocenters. The Labute approximate surface area is 158 Å². The minimum atomic E-state index is -3.27. The van der Waals surface area contributed by atoms with E-state index in [1.165, 1.54) is 0 Å². The van der Waals surface area contributed by atoms with Crippen LogP contribution in [0.3, 0.4) is 0 Å². The first-order chi connectivity index (χ1) is 12.3. The molecule has 0 unspecified atom stereocenters. The van der Waals surface area contributed by atoms with E-state index >= 15 is 0 Å². The van der Waals surface area contributed by atoms with E-state index in [1.807, 2.05) is 18.2 Å². The van der Waals surface area contributed by atoms with Gasteiger partial charge in [0.05, 0.1) is 20.5 Å². The van der Waals surface area contributed by atoms with Crippen LogP contribution < -0.4 is 14.2 Å². The SMILES string of the molecule is COc1ccc(C(Cl)=NCCc2ccc(NS(C)(=O)=O)cc2)cc1OC. The molecule has 2 aromatic rings. The Morgan fingerprint density at radius 3 is 2.31 bits per heavy atom. The average Bonchev–Trinajstić information content (AvgIpc) is 2.61. The van der Waals surface area contributed by atoms with Gasteiger partial charge in [-0.15, -0.1) is 0 Å². The van der Waals surface area contributed by atoms with Crippen molar-refractivity contribution in [2.24, 2.45) is 4.99 Å². The Bertz CT molecular complexity index is 881. The van der Waals surface area contributed by atoms with Crippen molar-refractivity contribution in [2.75, 3.05) is 31.7 Å². The van der Waals surface area contributed by atoms with E-state index < -0.39 is 10.0 Å². The molecule has 0 fully saturated rings. The monoisotopic (exact) mass is 396 g/mol. The fourth-order valence-electron chi connectivity index (χ4n) is 2.29. The number of nitrogens with one attached hydrogen (secondary N) is 1. The molecule has 0 aliphatic rings. The molecule has 0 aliphatic heterocycles. The lowest BCUT2D eigenvalue weighted by atomic mass is 10.1. The van der Waals surface area contributed by atoms with Gasteiger partial charge in [0.2, 0.25) is 10.0 Å². The van der Waals surface area contributed by atoms with Gasteiger partial charge in [0.15, 0.2) is 11.5 Å². The van der Waals surface area contributed by atoms with E-state index in [9.17, 15) is 8.42 Å². The number of benzene rings is 2. The number of sulfonamides is 1. The van der Waals surface area contributed by atoms with Gasteiger partial charge in [0.1, 0.15) is 5.17 Å². The van der Waals surface area contributed by atoms with E-state index in [0.717, 1.165) is 17.4 Å². The number of hydrogen-bond donors (Lipinski definition) is 1. The fourth-order valence-corrected chi connectivity index (χ4v) is 3.06. The van der Waals surface area contributed by atoms with Crippen LogP contribution >= 0.6 is 11.6 Å². The number of nitrogens with zero attached hydrogens (tertiary/aromatic N) is 1. The van der Waals surface area contributed by atoms with Crippen LogP contribution in [-0.2, 0) is 16.4 Å². The molecule has 0 aromatic heterocycles. The van der Waals surface area contributed by atoms with Crippen molar-refractivity contribution in [3.05, 3.63) is 53.6 Å². The molecule has 0 heterocycles. The highest BCUT2D eigenvalue weighted by Crippen LogP contribution is 2.28. The van der Waals surface area contributed by atoms with Crippen molar-refractivity contribution in [3.63, 3.8) is 0 Å². The lowest BCUT2D eigenvalue weighted by Crippen LogP contribution is -2.09. The van der Waals surface area contributed by atoms with Crippen LogP contribution in [0.1, 0.15) is 11.1 Å². The van der Waals surface area contributed by atoms with E-state index in [0.29, 0.717) is 35.3 Å². The van der Waals surface area contributed by atoms with Gasteiger partial charge in [0.25, 0.3) is 0 Å². The van der Waals surface area contributed by atoms with Gasteiger partial charge in [-0.1, -0.05) is 23.7 Å². The van der Waals surface area contributed by atoms with Crippen molar-refractivity contribution >= 4 is 32.5 Å². The van der Waals surface area contributed by atoms with Crippen molar-refractivity contribution in [3.8, 4) is 11.5 Å². The predicted molar refractivity (Wildman–Crippen MR) is 105 cm³/mol. The quantitative estimate of drug-likeness (QED) is 0.694. The highest BCUT2D eigenvalue weighted by atomic mass is 35.5.